The van der Waals surface area contributed by atoms with Gasteiger partial charge >= 0.3 is 0 Å². The summed E-state index contributed by atoms with van der Waals surface area (Å²) in [4.78, 5) is 20.2. The van der Waals surface area contributed by atoms with Crippen molar-refractivity contribution in [3.63, 3.8) is 0 Å². The summed E-state index contributed by atoms with van der Waals surface area (Å²) in [5, 5.41) is 3.59. The zero-order chi connectivity index (χ0) is 25.3. The number of amides is 1. The number of pyridine rings is 1. The number of hydrogen-bond acceptors (Lipinski definition) is 3. The number of likely N-dealkylation sites (tertiary alicyclic amines) is 1. The summed E-state index contributed by atoms with van der Waals surface area (Å²) in [5.74, 6) is 0.858. The molecule has 0 aliphatic carbocycles. The van der Waals surface area contributed by atoms with E-state index in [1.165, 1.54) is 11.1 Å². The molecule has 0 radical (unpaired) electrons. The molecular formula is C33H35N3O. The number of nitrogens with zero attached hydrogens (tertiary/aromatic N) is 2. The molecule has 3 aromatic carbocycles. The molecule has 188 valence electrons. The highest BCUT2D eigenvalue weighted by Crippen LogP contribution is 2.23. The van der Waals surface area contributed by atoms with Crippen molar-refractivity contribution >= 4 is 5.91 Å². The van der Waals surface area contributed by atoms with Gasteiger partial charge in [0.25, 0.3) is 0 Å². The largest absolute Gasteiger partial charge is 0.341 e. The summed E-state index contributed by atoms with van der Waals surface area (Å²) in [7, 11) is 0. The van der Waals surface area contributed by atoms with Gasteiger partial charge in [0, 0.05) is 31.4 Å². The van der Waals surface area contributed by atoms with Crippen molar-refractivity contribution in [2.45, 2.75) is 38.3 Å². The average Bonchev–Trinajstić information content (AvgIpc) is 2.97. The second kappa shape index (κ2) is 12.5. The molecule has 5 rings (SSSR count). The van der Waals surface area contributed by atoms with Gasteiger partial charge in [-0.3, -0.25) is 9.78 Å². The molecule has 4 nitrogen and oxygen atoms in total. The maximum absolute atomic E-state index is 13.7. The molecule has 1 aliphatic heterocycles. The summed E-state index contributed by atoms with van der Waals surface area (Å²) in [6.07, 6.45) is 5.73. The van der Waals surface area contributed by atoms with Crippen molar-refractivity contribution in [2.75, 3.05) is 13.1 Å². The van der Waals surface area contributed by atoms with Gasteiger partial charge in [-0.25, -0.2) is 0 Å². The van der Waals surface area contributed by atoms with Crippen molar-refractivity contribution in [2.24, 2.45) is 5.92 Å². The number of nitrogens with one attached hydrogen (secondary N) is 1. The van der Waals surface area contributed by atoms with Gasteiger partial charge in [-0.15, -0.1) is 0 Å². The fourth-order valence-electron chi connectivity index (χ4n) is 5.19. The van der Waals surface area contributed by atoms with Gasteiger partial charge < -0.3 is 10.2 Å². The first kappa shape index (κ1) is 24.9. The molecule has 1 fully saturated rings. The number of hydrogen-bond donors (Lipinski definition) is 1. The maximum Gasteiger partial charge on any atom is 0.240 e. The fourth-order valence-corrected chi connectivity index (χ4v) is 5.19. The topological polar surface area (TPSA) is 45.2 Å². The summed E-state index contributed by atoms with van der Waals surface area (Å²) >= 11 is 0. The first-order chi connectivity index (χ1) is 18.2. The van der Waals surface area contributed by atoms with Crippen LogP contribution in [0.15, 0.2) is 109 Å². The number of rotatable bonds is 9. The van der Waals surface area contributed by atoms with Gasteiger partial charge in [0.05, 0.1) is 11.7 Å². The molecule has 1 atom stereocenters. The third kappa shape index (κ3) is 6.93. The molecule has 4 heteroatoms. The van der Waals surface area contributed by atoms with Crippen LogP contribution in [0.25, 0.3) is 11.3 Å². The normalized spacial score (nSPS) is 14.9. The third-order valence-corrected chi connectivity index (χ3v) is 7.34. The van der Waals surface area contributed by atoms with Crippen molar-refractivity contribution in [3.8, 4) is 11.3 Å². The molecule has 0 unspecified atom stereocenters. The standard InChI is InChI=1S/C33H35N3O/c37-33(36-21-18-28(19-22-36)23-26-9-3-1-4-10-26)32(24-27-11-5-2-6-12-27)35-25-29-14-16-30(17-15-29)31-13-7-8-20-34-31/h1-17,20,28,32,35H,18-19,21-25H2/t32-/m0/s1. The van der Waals surface area contributed by atoms with E-state index in [9.17, 15) is 4.79 Å². The smallest absolute Gasteiger partial charge is 0.240 e. The third-order valence-electron chi connectivity index (χ3n) is 7.34. The minimum Gasteiger partial charge on any atom is -0.341 e. The molecule has 0 bridgehead atoms. The molecule has 1 aromatic heterocycles. The molecule has 0 saturated carbocycles. The van der Waals surface area contributed by atoms with E-state index < -0.39 is 0 Å². The molecule has 0 spiro atoms. The van der Waals surface area contributed by atoms with Crippen LogP contribution in [0.1, 0.15) is 29.5 Å². The van der Waals surface area contributed by atoms with Gasteiger partial charge in [-0.05, 0) is 60.4 Å². The Balaban J connectivity index is 1.21. The van der Waals surface area contributed by atoms with Crippen molar-refractivity contribution in [1.29, 1.82) is 0 Å². The second-order valence-corrected chi connectivity index (χ2v) is 9.99. The molecule has 37 heavy (non-hydrogen) atoms. The number of carbonyl (C=O) groups excluding carboxylic acids is 1. The van der Waals surface area contributed by atoms with Crippen LogP contribution in [0.4, 0.5) is 0 Å². The lowest BCUT2D eigenvalue weighted by atomic mass is 9.90. The molecule has 4 aromatic rings. The number of aromatic nitrogens is 1. The Kier molecular flexibility index (Phi) is 8.39. The highest BCUT2D eigenvalue weighted by molar-refractivity contribution is 5.82. The number of benzene rings is 3. The Bertz CT molecular complexity index is 1240. The van der Waals surface area contributed by atoms with Crippen LogP contribution in [-0.4, -0.2) is 34.9 Å². The molecule has 1 amide bonds. The van der Waals surface area contributed by atoms with Crippen LogP contribution in [0.3, 0.4) is 0 Å². The Hall–Kier alpha value is -3.76. The van der Waals surface area contributed by atoms with Crippen LogP contribution in [0, 0.1) is 5.92 Å². The fraction of sp³-hybridized carbons (Fsp3) is 0.273. The van der Waals surface area contributed by atoms with E-state index in [0.717, 1.165) is 49.2 Å². The summed E-state index contributed by atoms with van der Waals surface area (Å²) in [5.41, 5.74) is 5.80. The Morgan fingerprint density at radius 3 is 2.08 bits per heavy atom. The van der Waals surface area contributed by atoms with E-state index in [-0.39, 0.29) is 11.9 Å². The summed E-state index contributed by atoms with van der Waals surface area (Å²) in [6.45, 7) is 2.32. The van der Waals surface area contributed by atoms with Crippen LogP contribution >= 0.6 is 0 Å². The monoisotopic (exact) mass is 489 g/mol. The van der Waals surface area contributed by atoms with Gasteiger partial charge in [-0.1, -0.05) is 91.0 Å². The van der Waals surface area contributed by atoms with Crippen LogP contribution < -0.4 is 5.32 Å². The lowest BCUT2D eigenvalue weighted by Gasteiger charge is -2.34. The quantitative estimate of drug-likeness (QED) is 0.317. The zero-order valence-electron chi connectivity index (χ0n) is 21.3. The first-order valence-corrected chi connectivity index (χ1v) is 13.3. The molecular weight excluding hydrogens is 454 g/mol. The summed E-state index contributed by atoms with van der Waals surface area (Å²) < 4.78 is 0. The lowest BCUT2D eigenvalue weighted by molar-refractivity contribution is -0.134. The minimum atomic E-state index is -0.247. The molecule has 1 saturated heterocycles. The van der Waals surface area contributed by atoms with Gasteiger partial charge in [0.15, 0.2) is 0 Å². The van der Waals surface area contributed by atoms with Crippen LogP contribution in [0.2, 0.25) is 0 Å². The van der Waals surface area contributed by atoms with Crippen LogP contribution in [0.5, 0.6) is 0 Å². The first-order valence-electron chi connectivity index (χ1n) is 13.3. The predicted octanol–water partition coefficient (Wildman–Crippen LogP) is 5.93. The van der Waals surface area contributed by atoms with Crippen molar-refractivity contribution < 1.29 is 4.79 Å². The highest BCUT2D eigenvalue weighted by Gasteiger charge is 2.28. The maximum atomic E-state index is 13.7. The van der Waals surface area contributed by atoms with Gasteiger partial charge in [0.1, 0.15) is 0 Å². The molecule has 1 N–H and O–H groups in total. The zero-order valence-corrected chi connectivity index (χ0v) is 21.3. The SMILES string of the molecule is O=C([C@H](Cc1ccccc1)NCc1ccc(-c2ccccn2)cc1)N1CCC(Cc2ccccc2)CC1. The lowest BCUT2D eigenvalue weighted by Crippen LogP contribution is -2.50. The van der Waals surface area contributed by atoms with E-state index >= 15 is 0 Å². The molecule has 1 aliphatic rings. The van der Waals surface area contributed by atoms with Gasteiger partial charge in [0.2, 0.25) is 5.91 Å². The predicted molar refractivity (Wildman–Crippen MR) is 150 cm³/mol. The van der Waals surface area contributed by atoms with E-state index in [4.69, 9.17) is 0 Å². The van der Waals surface area contributed by atoms with E-state index in [0.29, 0.717) is 18.9 Å². The van der Waals surface area contributed by atoms with Crippen molar-refractivity contribution in [3.05, 3.63) is 126 Å². The van der Waals surface area contributed by atoms with E-state index in [2.05, 4.69) is 81.9 Å². The Morgan fingerprint density at radius 2 is 1.43 bits per heavy atom. The minimum absolute atomic E-state index is 0.215. The number of piperidine rings is 1. The molecule has 2 heterocycles. The Labute approximate surface area is 220 Å². The van der Waals surface area contributed by atoms with E-state index in [1.807, 2.05) is 42.6 Å². The number of carbonyl (C=O) groups is 1. The van der Waals surface area contributed by atoms with Crippen molar-refractivity contribution in [1.82, 2.24) is 15.2 Å². The second-order valence-electron chi connectivity index (χ2n) is 9.99. The average molecular weight is 490 g/mol. The van der Waals surface area contributed by atoms with Gasteiger partial charge in [-0.2, -0.15) is 0 Å². The highest BCUT2D eigenvalue weighted by atomic mass is 16.2. The van der Waals surface area contributed by atoms with Crippen LogP contribution in [-0.2, 0) is 24.2 Å². The summed E-state index contributed by atoms with van der Waals surface area (Å²) in [6, 6.07) is 35.2. The van der Waals surface area contributed by atoms with E-state index in [1.54, 1.807) is 0 Å². The Morgan fingerprint density at radius 1 is 0.784 bits per heavy atom.